The highest BCUT2D eigenvalue weighted by molar-refractivity contribution is 5.74. The first-order valence-electron chi connectivity index (χ1n) is 7.80. The Labute approximate surface area is 121 Å². The fraction of sp³-hybridized carbons (Fsp3) is 0.733. The Morgan fingerprint density at radius 2 is 1.95 bits per heavy atom. The Bertz CT molecular complexity index is 383. The number of carbonyl (C=O) groups excluding carboxylic acids is 1. The maximum absolute atomic E-state index is 12.4. The molecule has 1 aliphatic rings. The van der Waals surface area contributed by atoms with Crippen LogP contribution in [-0.2, 0) is 6.54 Å². The monoisotopic (exact) mass is 278 g/mol. The molecule has 2 amide bonds. The van der Waals surface area contributed by atoms with E-state index in [1.807, 2.05) is 15.7 Å². The minimum absolute atomic E-state index is 0.0962. The first kappa shape index (κ1) is 14.9. The SMILES string of the molecule is CC[C@@H](Cn1ccnc1)NC(=O)N1CCCCCCC1. The van der Waals surface area contributed by atoms with Crippen molar-refractivity contribution < 1.29 is 4.79 Å². The second-order valence-corrected chi connectivity index (χ2v) is 5.57. The van der Waals surface area contributed by atoms with Crippen LogP contribution >= 0.6 is 0 Å². The minimum atomic E-state index is 0.0962. The van der Waals surface area contributed by atoms with E-state index in [4.69, 9.17) is 0 Å². The van der Waals surface area contributed by atoms with Gasteiger partial charge in [0.05, 0.1) is 6.33 Å². The van der Waals surface area contributed by atoms with Gasteiger partial charge in [-0.15, -0.1) is 0 Å². The Balaban J connectivity index is 1.83. The predicted octanol–water partition coefficient (Wildman–Crippen LogP) is 2.64. The summed E-state index contributed by atoms with van der Waals surface area (Å²) in [5.74, 6) is 0. The van der Waals surface area contributed by atoms with Crippen molar-refractivity contribution in [3.8, 4) is 0 Å². The van der Waals surface area contributed by atoms with Crippen LogP contribution in [0.1, 0.15) is 45.4 Å². The number of likely N-dealkylation sites (tertiary alicyclic amines) is 1. The number of nitrogens with one attached hydrogen (secondary N) is 1. The second kappa shape index (κ2) is 7.92. The molecule has 112 valence electrons. The molecule has 1 aromatic rings. The molecule has 0 radical (unpaired) electrons. The van der Waals surface area contributed by atoms with Gasteiger partial charge in [0.25, 0.3) is 0 Å². The highest BCUT2D eigenvalue weighted by Gasteiger charge is 2.17. The van der Waals surface area contributed by atoms with Crippen LogP contribution in [0.5, 0.6) is 0 Å². The molecule has 0 saturated carbocycles. The Morgan fingerprint density at radius 3 is 2.55 bits per heavy atom. The fourth-order valence-electron chi connectivity index (χ4n) is 2.64. The fourth-order valence-corrected chi connectivity index (χ4v) is 2.64. The number of aromatic nitrogens is 2. The van der Waals surface area contributed by atoms with Gasteiger partial charge in [-0.3, -0.25) is 0 Å². The van der Waals surface area contributed by atoms with E-state index in [1.54, 1.807) is 12.5 Å². The maximum Gasteiger partial charge on any atom is 0.317 e. The second-order valence-electron chi connectivity index (χ2n) is 5.57. The molecule has 2 heterocycles. The van der Waals surface area contributed by atoms with Crippen LogP contribution < -0.4 is 5.32 Å². The van der Waals surface area contributed by atoms with Gasteiger partial charge in [0.2, 0.25) is 0 Å². The zero-order valence-electron chi connectivity index (χ0n) is 12.4. The summed E-state index contributed by atoms with van der Waals surface area (Å²) >= 11 is 0. The Hall–Kier alpha value is -1.52. The van der Waals surface area contributed by atoms with Gasteiger partial charge in [-0.2, -0.15) is 0 Å². The maximum atomic E-state index is 12.4. The molecule has 1 fully saturated rings. The molecule has 1 saturated heterocycles. The zero-order valence-corrected chi connectivity index (χ0v) is 12.4. The number of nitrogens with zero attached hydrogens (tertiary/aromatic N) is 3. The van der Waals surface area contributed by atoms with Crippen molar-refractivity contribution in [1.82, 2.24) is 19.8 Å². The molecular formula is C15H26N4O. The summed E-state index contributed by atoms with van der Waals surface area (Å²) in [7, 11) is 0. The third-order valence-corrected chi connectivity index (χ3v) is 3.95. The van der Waals surface area contributed by atoms with E-state index >= 15 is 0 Å². The minimum Gasteiger partial charge on any atom is -0.335 e. The molecule has 20 heavy (non-hydrogen) atoms. The molecule has 0 aliphatic carbocycles. The van der Waals surface area contributed by atoms with E-state index in [9.17, 15) is 4.79 Å². The van der Waals surface area contributed by atoms with Crippen LogP contribution in [0.4, 0.5) is 4.79 Å². The van der Waals surface area contributed by atoms with Gasteiger partial charge in [0, 0.05) is 38.1 Å². The molecule has 0 bridgehead atoms. The van der Waals surface area contributed by atoms with Crippen molar-refractivity contribution in [2.45, 2.75) is 58.0 Å². The summed E-state index contributed by atoms with van der Waals surface area (Å²) in [6.07, 6.45) is 12.5. The number of imidazole rings is 1. The van der Waals surface area contributed by atoms with Crippen molar-refractivity contribution in [2.75, 3.05) is 13.1 Å². The quantitative estimate of drug-likeness (QED) is 0.920. The summed E-state index contributed by atoms with van der Waals surface area (Å²) in [5.41, 5.74) is 0. The Morgan fingerprint density at radius 1 is 1.25 bits per heavy atom. The van der Waals surface area contributed by atoms with Crippen molar-refractivity contribution in [1.29, 1.82) is 0 Å². The van der Waals surface area contributed by atoms with Crippen LogP contribution in [0, 0.1) is 0 Å². The predicted molar refractivity (Wildman–Crippen MR) is 79.5 cm³/mol. The summed E-state index contributed by atoms with van der Waals surface area (Å²) in [6.45, 7) is 4.69. The molecule has 1 N–H and O–H groups in total. The van der Waals surface area contributed by atoms with Gasteiger partial charge < -0.3 is 14.8 Å². The molecule has 5 nitrogen and oxygen atoms in total. The average Bonchev–Trinajstić information content (AvgIpc) is 2.90. The van der Waals surface area contributed by atoms with E-state index in [2.05, 4.69) is 17.2 Å². The molecule has 0 aromatic carbocycles. The van der Waals surface area contributed by atoms with Crippen LogP contribution in [-0.4, -0.2) is 39.6 Å². The van der Waals surface area contributed by atoms with Crippen molar-refractivity contribution in [3.05, 3.63) is 18.7 Å². The molecule has 2 rings (SSSR count). The lowest BCUT2D eigenvalue weighted by atomic mass is 10.1. The number of hydrogen-bond acceptors (Lipinski definition) is 2. The standard InChI is InChI=1S/C15H26N4O/c1-2-14(12-18-11-8-16-13-18)17-15(20)19-9-6-4-3-5-7-10-19/h8,11,13-14H,2-7,9-10,12H2,1H3,(H,17,20)/t14-/m0/s1. The first-order valence-corrected chi connectivity index (χ1v) is 7.80. The van der Waals surface area contributed by atoms with Crippen molar-refractivity contribution in [3.63, 3.8) is 0 Å². The smallest absolute Gasteiger partial charge is 0.317 e. The van der Waals surface area contributed by atoms with E-state index in [1.165, 1.54) is 19.3 Å². The van der Waals surface area contributed by atoms with Crippen molar-refractivity contribution >= 4 is 6.03 Å². The van der Waals surface area contributed by atoms with Gasteiger partial charge in [0.15, 0.2) is 0 Å². The largest absolute Gasteiger partial charge is 0.335 e. The van der Waals surface area contributed by atoms with Gasteiger partial charge in [-0.1, -0.05) is 26.2 Å². The summed E-state index contributed by atoms with van der Waals surface area (Å²) in [6, 6.07) is 0.265. The molecule has 1 aliphatic heterocycles. The highest BCUT2D eigenvalue weighted by Crippen LogP contribution is 2.11. The van der Waals surface area contributed by atoms with Crippen LogP contribution in [0.15, 0.2) is 18.7 Å². The molecule has 1 aromatic heterocycles. The number of rotatable bonds is 4. The van der Waals surface area contributed by atoms with Gasteiger partial charge in [0.1, 0.15) is 0 Å². The molecule has 1 atom stereocenters. The number of carbonyl (C=O) groups is 1. The third-order valence-electron chi connectivity index (χ3n) is 3.95. The van der Waals surface area contributed by atoms with Gasteiger partial charge in [-0.05, 0) is 19.3 Å². The highest BCUT2D eigenvalue weighted by atomic mass is 16.2. The summed E-state index contributed by atoms with van der Waals surface area (Å²) < 4.78 is 2.02. The number of urea groups is 1. The lowest BCUT2D eigenvalue weighted by Gasteiger charge is -2.27. The third kappa shape index (κ3) is 4.54. The van der Waals surface area contributed by atoms with E-state index in [-0.39, 0.29) is 12.1 Å². The van der Waals surface area contributed by atoms with Gasteiger partial charge in [-0.25, -0.2) is 9.78 Å². The summed E-state index contributed by atoms with van der Waals surface area (Å²) in [4.78, 5) is 18.4. The molecule has 0 unspecified atom stereocenters. The molecule has 0 spiro atoms. The number of amides is 2. The van der Waals surface area contributed by atoms with E-state index in [0.29, 0.717) is 0 Å². The van der Waals surface area contributed by atoms with Crippen LogP contribution in [0.3, 0.4) is 0 Å². The summed E-state index contributed by atoms with van der Waals surface area (Å²) in [5, 5.41) is 3.16. The first-order chi connectivity index (χ1) is 9.79. The normalized spacial score (nSPS) is 18.1. The molecular weight excluding hydrogens is 252 g/mol. The van der Waals surface area contributed by atoms with E-state index < -0.39 is 0 Å². The van der Waals surface area contributed by atoms with Gasteiger partial charge >= 0.3 is 6.03 Å². The van der Waals surface area contributed by atoms with Crippen LogP contribution in [0.25, 0.3) is 0 Å². The Kier molecular flexibility index (Phi) is 5.89. The lowest BCUT2D eigenvalue weighted by molar-refractivity contribution is 0.186. The zero-order chi connectivity index (χ0) is 14.2. The van der Waals surface area contributed by atoms with Crippen molar-refractivity contribution in [2.24, 2.45) is 0 Å². The number of hydrogen-bond donors (Lipinski definition) is 1. The average molecular weight is 278 g/mol. The topological polar surface area (TPSA) is 50.2 Å². The molecule has 5 heteroatoms. The lowest BCUT2D eigenvalue weighted by Crippen LogP contribution is -2.47. The van der Waals surface area contributed by atoms with Crippen LogP contribution in [0.2, 0.25) is 0 Å². The van der Waals surface area contributed by atoms with E-state index in [0.717, 1.165) is 38.9 Å².